The molecule has 0 bridgehead atoms. The van der Waals surface area contributed by atoms with E-state index < -0.39 is 11.7 Å². The lowest BCUT2D eigenvalue weighted by Gasteiger charge is -2.38. The van der Waals surface area contributed by atoms with E-state index in [1.807, 2.05) is 4.90 Å². The number of hydrogen-bond acceptors (Lipinski definition) is 3. The van der Waals surface area contributed by atoms with Gasteiger partial charge in [0.15, 0.2) is 0 Å². The van der Waals surface area contributed by atoms with Gasteiger partial charge in [0.2, 0.25) is 0 Å². The van der Waals surface area contributed by atoms with Crippen molar-refractivity contribution in [1.29, 1.82) is 0 Å². The highest BCUT2D eigenvalue weighted by atomic mass is 35.5. The van der Waals surface area contributed by atoms with Crippen LogP contribution in [0.4, 0.5) is 19.0 Å². The molecule has 0 radical (unpaired) electrons. The van der Waals surface area contributed by atoms with Crippen LogP contribution < -0.4 is 4.90 Å². The van der Waals surface area contributed by atoms with Gasteiger partial charge in [0, 0.05) is 6.54 Å². The zero-order valence-corrected chi connectivity index (χ0v) is 11.4. The molecule has 0 amide bonds. The molecular weight excluding hydrogens is 293 g/mol. The van der Waals surface area contributed by atoms with Gasteiger partial charge in [-0.25, -0.2) is 4.98 Å². The van der Waals surface area contributed by atoms with Crippen LogP contribution in [0.3, 0.4) is 0 Å². The Morgan fingerprint density at radius 2 is 2.10 bits per heavy atom. The van der Waals surface area contributed by atoms with Crippen LogP contribution in [-0.4, -0.2) is 30.3 Å². The molecule has 1 aromatic rings. The maximum absolute atomic E-state index is 12.9. The van der Waals surface area contributed by atoms with E-state index in [4.69, 9.17) is 16.3 Å². The second-order valence-corrected chi connectivity index (χ2v) is 5.52. The Balaban J connectivity index is 1.95. The number of fused-ring (bicyclic) bond motifs is 1. The van der Waals surface area contributed by atoms with E-state index in [9.17, 15) is 13.2 Å². The fourth-order valence-electron chi connectivity index (χ4n) is 3.00. The third kappa shape index (κ3) is 2.59. The molecule has 3 nitrogen and oxygen atoms in total. The van der Waals surface area contributed by atoms with Crippen LogP contribution in [0.25, 0.3) is 0 Å². The largest absolute Gasteiger partial charge is 0.416 e. The predicted molar refractivity (Wildman–Crippen MR) is 69.0 cm³/mol. The summed E-state index contributed by atoms with van der Waals surface area (Å²) in [6.45, 7) is 1.06. The highest BCUT2D eigenvalue weighted by molar-refractivity contribution is 6.29. The van der Waals surface area contributed by atoms with E-state index in [2.05, 4.69) is 4.98 Å². The molecule has 2 heterocycles. The highest BCUT2D eigenvalue weighted by Crippen LogP contribution is 2.36. The van der Waals surface area contributed by atoms with E-state index >= 15 is 0 Å². The molecule has 1 saturated carbocycles. The van der Waals surface area contributed by atoms with Gasteiger partial charge in [-0.2, -0.15) is 13.2 Å². The van der Waals surface area contributed by atoms with Crippen molar-refractivity contribution in [3.8, 4) is 0 Å². The SMILES string of the molecule is FC(F)(F)c1cc(Cl)nc(N2CCOC3CCCC32)c1. The van der Waals surface area contributed by atoms with Crippen LogP contribution in [0, 0.1) is 0 Å². The van der Waals surface area contributed by atoms with Crippen molar-refractivity contribution in [3.05, 3.63) is 22.8 Å². The number of pyridine rings is 1. The molecule has 2 unspecified atom stereocenters. The number of nitrogens with zero attached hydrogens (tertiary/aromatic N) is 2. The fraction of sp³-hybridized carbons (Fsp3) is 0.615. The molecule has 0 aromatic carbocycles. The van der Waals surface area contributed by atoms with Crippen molar-refractivity contribution in [2.75, 3.05) is 18.1 Å². The van der Waals surface area contributed by atoms with E-state index in [-0.39, 0.29) is 17.3 Å². The van der Waals surface area contributed by atoms with Gasteiger partial charge in [-0.3, -0.25) is 0 Å². The highest BCUT2D eigenvalue weighted by Gasteiger charge is 2.38. The van der Waals surface area contributed by atoms with E-state index in [0.717, 1.165) is 31.4 Å². The van der Waals surface area contributed by atoms with Gasteiger partial charge < -0.3 is 9.64 Å². The number of halogens is 4. The molecule has 7 heteroatoms. The molecular formula is C13H14ClF3N2O. The quantitative estimate of drug-likeness (QED) is 0.742. The minimum Gasteiger partial charge on any atom is -0.374 e. The van der Waals surface area contributed by atoms with Crippen LogP contribution in [0.15, 0.2) is 12.1 Å². The molecule has 3 rings (SSSR count). The Bertz CT molecular complexity index is 509. The maximum atomic E-state index is 12.9. The van der Waals surface area contributed by atoms with Crippen LogP contribution in [0.1, 0.15) is 24.8 Å². The van der Waals surface area contributed by atoms with E-state index in [1.54, 1.807) is 0 Å². The number of ether oxygens (including phenoxy) is 1. The van der Waals surface area contributed by atoms with Crippen LogP contribution in [-0.2, 0) is 10.9 Å². The lowest BCUT2D eigenvalue weighted by atomic mass is 10.1. The minimum atomic E-state index is -4.41. The van der Waals surface area contributed by atoms with Crippen LogP contribution >= 0.6 is 11.6 Å². The number of alkyl halides is 3. The second kappa shape index (κ2) is 5.07. The molecule has 0 spiro atoms. The summed E-state index contributed by atoms with van der Waals surface area (Å²) >= 11 is 5.75. The summed E-state index contributed by atoms with van der Waals surface area (Å²) in [7, 11) is 0. The third-order valence-electron chi connectivity index (χ3n) is 3.88. The average Bonchev–Trinajstić information content (AvgIpc) is 2.84. The standard InChI is InChI=1S/C13H14ClF3N2O/c14-11-6-8(13(15,16)17)7-12(18-11)19-4-5-20-10-3-1-2-9(10)19/h6-7,9-10H,1-5H2. The number of rotatable bonds is 1. The molecule has 2 atom stereocenters. The smallest absolute Gasteiger partial charge is 0.374 e. The van der Waals surface area contributed by atoms with Gasteiger partial charge in [-0.1, -0.05) is 11.6 Å². The van der Waals surface area contributed by atoms with E-state index in [0.29, 0.717) is 19.0 Å². The Morgan fingerprint density at radius 3 is 2.85 bits per heavy atom. The Kier molecular flexibility index (Phi) is 3.54. The molecule has 20 heavy (non-hydrogen) atoms. The lowest BCUT2D eigenvalue weighted by molar-refractivity contribution is -0.137. The topological polar surface area (TPSA) is 25.4 Å². The third-order valence-corrected chi connectivity index (χ3v) is 4.08. The molecule has 1 aliphatic carbocycles. The van der Waals surface area contributed by atoms with Crippen molar-refractivity contribution >= 4 is 17.4 Å². The van der Waals surface area contributed by atoms with Gasteiger partial charge in [-0.15, -0.1) is 0 Å². The number of morpholine rings is 1. The molecule has 110 valence electrons. The number of anilines is 1. The molecule has 1 aromatic heterocycles. The maximum Gasteiger partial charge on any atom is 0.416 e. The normalized spacial score (nSPS) is 26.7. The summed E-state index contributed by atoms with van der Waals surface area (Å²) in [4.78, 5) is 5.97. The Hall–Kier alpha value is -1.01. The number of hydrogen-bond donors (Lipinski definition) is 0. The van der Waals surface area contributed by atoms with Gasteiger partial charge in [0.1, 0.15) is 11.0 Å². The molecule has 2 aliphatic rings. The zero-order valence-electron chi connectivity index (χ0n) is 10.7. The van der Waals surface area contributed by atoms with E-state index in [1.165, 1.54) is 0 Å². The molecule has 0 N–H and O–H groups in total. The number of aromatic nitrogens is 1. The summed E-state index contributed by atoms with van der Waals surface area (Å²) in [5.74, 6) is 0.296. The first-order chi connectivity index (χ1) is 9.45. The minimum absolute atomic E-state index is 0.0962. The van der Waals surface area contributed by atoms with Crippen LogP contribution in [0.5, 0.6) is 0 Å². The summed E-state index contributed by atoms with van der Waals surface area (Å²) in [5.41, 5.74) is -0.756. The summed E-state index contributed by atoms with van der Waals surface area (Å²) < 4.78 is 44.2. The lowest BCUT2D eigenvalue weighted by Crippen LogP contribution is -2.49. The Morgan fingerprint density at radius 1 is 1.30 bits per heavy atom. The molecule has 1 aliphatic heterocycles. The summed E-state index contributed by atoms with van der Waals surface area (Å²) in [6, 6.07) is 2.04. The first-order valence-corrected chi connectivity index (χ1v) is 6.96. The van der Waals surface area contributed by atoms with Gasteiger partial charge in [0.05, 0.1) is 24.3 Å². The van der Waals surface area contributed by atoms with Crippen molar-refractivity contribution in [2.45, 2.75) is 37.6 Å². The molecule has 1 saturated heterocycles. The zero-order chi connectivity index (χ0) is 14.3. The summed E-state index contributed by atoms with van der Waals surface area (Å²) in [5, 5.41) is -0.129. The average molecular weight is 307 g/mol. The van der Waals surface area contributed by atoms with Gasteiger partial charge >= 0.3 is 6.18 Å². The van der Waals surface area contributed by atoms with Crippen molar-refractivity contribution < 1.29 is 17.9 Å². The summed E-state index contributed by atoms with van der Waals surface area (Å²) in [6.07, 6.45) is -1.42. The molecule has 2 fully saturated rings. The van der Waals surface area contributed by atoms with Crippen molar-refractivity contribution in [3.63, 3.8) is 0 Å². The Labute approximate surface area is 119 Å². The first-order valence-electron chi connectivity index (χ1n) is 6.58. The van der Waals surface area contributed by atoms with Gasteiger partial charge in [0.25, 0.3) is 0 Å². The predicted octanol–water partition coefficient (Wildman–Crippen LogP) is 3.51. The fourth-order valence-corrected chi connectivity index (χ4v) is 3.21. The van der Waals surface area contributed by atoms with Crippen molar-refractivity contribution in [1.82, 2.24) is 4.98 Å². The van der Waals surface area contributed by atoms with Gasteiger partial charge in [-0.05, 0) is 31.4 Å². The van der Waals surface area contributed by atoms with Crippen LogP contribution in [0.2, 0.25) is 5.15 Å². The second-order valence-electron chi connectivity index (χ2n) is 5.14. The van der Waals surface area contributed by atoms with Crippen molar-refractivity contribution in [2.24, 2.45) is 0 Å². The monoisotopic (exact) mass is 306 g/mol. The first kappa shape index (κ1) is 13.9.